The van der Waals surface area contributed by atoms with E-state index >= 15 is 0 Å². The van der Waals surface area contributed by atoms with Crippen LogP contribution in [0.3, 0.4) is 0 Å². The average Bonchev–Trinajstić information content (AvgIpc) is 2.47. The van der Waals surface area contributed by atoms with Gasteiger partial charge in [-0.15, -0.1) is 0 Å². The summed E-state index contributed by atoms with van der Waals surface area (Å²) >= 11 is 0. The molecule has 5 nitrogen and oxygen atoms in total. The van der Waals surface area contributed by atoms with Crippen molar-refractivity contribution in [1.29, 1.82) is 0 Å². The Hall–Kier alpha value is -2.21. The van der Waals surface area contributed by atoms with E-state index in [1.807, 2.05) is 6.92 Å². The first kappa shape index (κ1) is 14.2. The van der Waals surface area contributed by atoms with Crippen molar-refractivity contribution >= 4 is 5.82 Å². The Bertz CT molecular complexity index is 578. The number of aliphatic hydroxyl groups excluding tert-OH is 1. The summed E-state index contributed by atoms with van der Waals surface area (Å²) in [5.74, 6) is 0.718. The first-order valence-corrected chi connectivity index (χ1v) is 6.29. The van der Waals surface area contributed by atoms with Gasteiger partial charge in [-0.3, -0.25) is 0 Å². The van der Waals surface area contributed by atoms with E-state index in [1.165, 1.54) is 12.4 Å². The highest BCUT2D eigenvalue weighted by Gasteiger charge is 2.03. The molecule has 0 atom stereocenters. The van der Waals surface area contributed by atoms with Crippen LogP contribution in [0.15, 0.2) is 30.6 Å². The normalized spacial score (nSPS) is 10.3. The Morgan fingerprint density at radius 3 is 2.90 bits per heavy atom. The molecule has 6 heteroatoms. The molecule has 106 valence electrons. The van der Waals surface area contributed by atoms with Gasteiger partial charge in [-0.05, 0) is 24.6 Å². The summed E-state index contributed by atoms with van der Waals surface area (Å²) in [6, 6.07) is 6.31. The van der Waals surface area contributed by atoms with Crippen LogP contribution in [0.5, 0.6) is 5.88 Å². The van der Waals surface area contributed by atoms with Crippen molar-refractivity contribution in [2.24, 2.45) is 0 Å². The van der Waals surface area contributed by atoms with Crippen LogP contribution in [0.4, 0.5) is 10.2 Å². The molecule has 1 aromatic carbocycles. The third-order valence-corrected chi connectivity index (χ3v) is 2.69. The van der Waals surface area contributed by atoms with E-state index in [2.05, 4.69) is 15.3 Å². The molecule has 0 saturated carbocycles. The van der Waals surface area contributed by atoms with Crippen LogP contribution >= 0.6 is 0 Å². The molecular weight excluding hydrogens is 261 g/mol. The minimum absolute atomic E-state index is 0.280. The van der Waals surface area contributed by atoms with Crippen LogP contribution in [0.2, 0.25) is 0 Å². The number of hydrogen-bond acceptors (Lipinski definition) is 5. The number of nitrogens with one attached hydrogen (secondary N) is 1. The van der Waals surface area contributed by atoms with Gasteiger partial charge in [-0.1, -0.05) is 6.07 Å². The fourth-order valence-corrected chi connectivity index (χ4v) is 1.71. The van der Waals surface area contributed by atoms with Crippen LogP contribution < -0.4 is 10.1 Å². The summed E-state index contributed by atoms with van der Waals surface area (Å²) < 4.78 is 18.5. The molecule has 20 heavy (non-hydrogen) atoms. The molecule has 0 unspecified atom stereocenters. The van der Waals surface area contributed by atoms with Gasteiger partial charge >= 0.3 is 0 Å². The van der Waals surface area contributed by atoms with Crippen LogP contribution in [-0.2, 0) is 13.2 Å². The molecule has 2 N–H and O–H groups in total. The summed E-state index contributed by atoms with van der Waals surface area (Å²) in [6.07, 6.45) is 1.41. The lowest BCUT2D eigenvalue weighted by molar-refractivity contribution is 0.275. The first-order valence-electron chi connectivity index (χ1n) is 6.29. The number of hydrogen-bond donors (Lipinski definition) is 2. The fraction of sp³-hybridized carbons (Fsp3) is 0.286. The predicted molar refractivity (Wildman–Crippen MR) is 72.9 cm³/mol. The zero-order valence-corrected chi connectivity index (χ0v) is 11.1. The second kappa shape index (κ2) is 6.81. The van der Waals surface area contributed by atoms with E-state index in [9.17, 15) is 4.39 Å². The monoisotopic (exact) mass is 277 g/mol. The van der Waals surface area contributed by atoms with Gasteiger partial charge in [0.15, 0.2) is 0 Å². The zero-order chi connectivity index (χ0) is 14.4. The highest BCUT2D eigenvalue weighted by atomic mass is 19.1. The maximum absolute atomic E-state index is 13.3. The third kappa shape index (κ3) is 3.64. The van der Waals surface area contributed by atoms with Gasteiger partial charge in [0.1, 0.15) is 18.0 Å². The van der Waals surface area contributed by atoms with E-state index < -0.39 is 5.82 Å². The van der Waals surface area contributed by atoms with E-state index in [0.717, 1.165) is 5.56 Å². The largest absolute Gasteiger partial charge is 0.478 e. The molecule has 0 fully saturated rings. The van der Waals surface area contributed by atoms with Gasteiger partial charge in [-0.25, -0.2) is 14.4 Å². The summed E-state index contributed by atoms with van der Waals surface area (Å²) in [7, 11) is 0. The molecule has 0 aliphatic carbocycles. The van der Waals surface area contributed by atoms with E-state index in [1.54, 1.807) is 18.2 Å². The lowest BCUT2D eigenvalue weighted by Crippen LogP contribution is -2.04. The van der Waals surface area contributed by atoms with Crippen molar-refractivity contribution in [3.8, 4) is 5.88 Å². The van der Waals surface area contributed by atoms with Crippen LogP contribution in [0.25, 0.3) is 0 Å². The topological polar surface area (TPSA) is 67.3 Å². The molecule has 0 bridgehead atoms. The number of ether oxygens (including phenoxy) is 1. The molecular formula is C14H16FN3O2. The van der Waals surface area contributed by atoms with Crippen molar-refractivity contribution in [2.75, 3.05) is 11.9 Å². The van der Waals surface area contributed by atoms with E-state index in [-0.39, 0.29) is 12.2 Å². The Morgan fingerprint density at radius 1 is 1.30 bits per heavy atom. The van der Waals surface area contributed by atoms with Gasteiger partial charge < -0.3 is 15.2 Å². The van der Waals surface area contributed by atoms with Crippen LogP contribution in [0.1, 0.15) is 18.1 Å². The lowest BCUT2D eigenvalue weighted by Gasteiger charge is -2.08. The average molecular weight is 277 g/mol. The molecule has 2 aromatic rings. The highest BCUT2D eigenvalue weighted by molar-refractivity contribution is 5.38. The molecule has 0 amide bonds. The molecule has 0 saturated heterocycles. The number of anilines is 1. The number of aromatic nitrogens is 2. The summed E-state index contributed by atoms with van der Waals surface area (Å²) in [5, 5.41) is 12.1. The maximum atomic E-state index is 13.3. The highest BCUT2D eigenvalue weighted by Crippen LogP contribution is 2.14. The van der Waals surface area contributed by atoms with Crippen molar-refractivity contribution in [3.63, 3.8) is 0 Å². The van der Waals surface area contributed by atoms with Crippen LogP contribution in [-0.4, -0.2) is 21.7 Å². The van der Waals surface area contributed by atoms with E-state index in [4.69, 9.17) is 9.84 Å². The number of halogens is 1. The fourth-order valence-electron chi connectivity index (χ4n) is 1.71. The Labute approximate surface area is 116 Å². The Balaban J connectivity index is 2.03. The molecule has 0 aliphatic rings. The molecule has 0 spiro atoms. The summed E-state index contributed by atoms with van der Waals surface area (Å²) in [6.45, 7) is 2.57. The van der Waals surface area contributed by atoms with Crippen molar-refractivity contribution in [2.45, 2.75) is 20.1 Å². The smallest absolute Gasteiger partial charge is 0.218 e. The van der Waals surface area contributed by atoms with Gasteiger partial charge in [0.25, 0.3) is 0 Å². The van der Waals surface area contributed by atoms with Crippen molar-refractivity contribution < 1.29 is 14.2 Å². The molecule has 0 radical (unpaired) electrons. The van der Waals surface area contributed by atoms with Crippen molar-refractivity contribution in [3.05, 3.63) is 47.5 Å². The summed E-state index contributed by atoms with van der Waals surface area (Å²) in [5.41, 5.74) is 1.13. The van der Waals surface area contributed by atoms with Crippen molar-refractivity contribution in [1.82, 2.24) is 9.97 Å². The van der Waals surface area contributed by atoms with Gasteiger partial charge in [0, 0.05) is 18.2 Å². The second-order valence-electron chi connectivity index (χ2n) is 4.11. The number of aliphatic hydroxyl groups is 1. The quantitative estimate of drug-likeness (QED) is 0.846. The standard InChI is InChI=1S/C14H16FN3O2/c1-2-20-14-6-13(17-9-18-14)16-7-10-3-4-12(15)11(5-10)8-19/h3-6,9,19H,2,7-8H2,1H3,(H,16,17,18). The van der Waals surface area contributed by atoms with Gasteiger partial charge in [0.2, 0.25) is 5.88 Å². The molecule has 2 rings (SSSR count). The third-order valence-electron chi connectivity index (χ3n) is 2.69. The minimum Gasteiger partial charge on any atom is -0.478 e. The Morgan fingerprint density at radius 2 is 2.15 bits per heavy atom. The SMILES string of the molecule is CCOc1cc(NCc2ccc(F)c(CO)c2)ncn1. The lowest BCUT2D eigenvalue weighted by atomic mass is 10.1. The van der Waals surface area contributed by atoms with Crippen LogP contribution in [0, 0.1) is 5.82 Å². The predicted octanol–water partition coefficient (Wildman–Crippen LogP) is 2.12. The molecule has 0 aliphatic heterocycles. The summed E-state index contributed by atoms with van der Waals surface area (Å²) in [4.78, 5) is 8.04. The first-order chi connectivity index (χ1) is 9.72. The van der Waals surface area contributed by atoms with Gasteiger partial charge in [0.05, 0.1) is 13.2 Å². The Kier molecular flexibility index (Phi) is 4.84. The van der Waals surface area contributed by atoms with E-state index in [0.29, 0.717) is 24.8 Å². The maximum Gasteiger partial charge on any atom is 0.218 e. The van der Waals surface area contributed by atoms with Gasteiger partial charge in [-0.2, -0.15) is 0 Å². The number of nitrogens with zero attached hydrogens (tertiary/aromatic N) is 2. The zero-order valence-electron chi connectivity index (χ0n) is 11.1. The molecule has 1 heterocycles. The minimum atomic E-state index is -0.406. The number of benzene rings is 1. The number of rotatable bonds is 6. The molecule has 1 aromatic heterocycles. The second-order valence-corrected chi connectivity index (χ2v) is 4.11.